The van der Waals surface area contributed by atoms with E-state index in [9.17, 15) is 8.78 Å². The first-order chi connectivity index (χ1) is 8.58. The van der Waals surface area contributed by atoms with Gasteiger partial charge in [0.25, 0.3) is 0 Å². The number of halogens is 4. The van der Waals surface area contributed by atoms with E-state index < -0.39 is 11.6 Å². The molecule has 1 saturated carbocycles. The molecule has 0 aliphatic heterocycles. The van der Waals surface area contributed by atoms with Crippen LogP contribution in [0.3, 0.4) is 0 Å². The van der Waals surface area contributed by atoms with Gasteiger partial charge in [-0.15, -0.1) is 0 Å². The van der Waals surface area contributed by atoms with E-state index >= 15 is 0 Å². The molecule has 100 valence electrons. The molecule has 0 bridgehead atoms. The van der Waals surface area contributed by atoms with Crippen LogP contribution in [0.4, 0.5) is 8.78 Å². The van der Waals surface area contributed by atoms with E-state index in [-0.39, 0.29) is 4.83 Å². The van der Waals surface area contributed by atoms with Crippen molar-refractivity contribution in [3.63, 3.8) is 0 Å². The largest absolute Gasteiger partial charge is 0.204 e. The summed E-state index contributed by atoms with van der Waals surface area (Å²) in [6, 6.07) is 2.25. The van der Waals surface area contributed by atoms with Crippen LogP contribution in [0.2, 0.25) is 5.02 Å². The van der Waals surface area contributed by atoms with Crippen molar-refractivity contribution in [2.75, 3.05) is 0 Å². The maximum atomic E-state index is 13.2. The molecule has 2 rings (SSSR count). The fraction of sp³-hybridized carbons (Fsp3) is 0.571. The fourth-order valence-corrected chi connectivity index (χ4v) is 3.67. The first-order valence-electron chi connectivity index (χ1n) is 6.36. The lowest BCUT2D eigenvalue weighted by atomic mass is 9.98. The second-order valence-electron chi connectivity index (χ2n) is 4.98. The molecule has 18 heavy (non-hydrogen) atoms. The molecule has 0 saturated heterocycles. The van der Waals surface area contributed by atoms with Crippen LogP contribution in [0.15, 0.2) is 12.1 Å². The highest BCUT2D eigenvalue weighted by atomic mass is 79.9. The molecule has 0 heterocycles. The lowest BCUT2D eigenvalue weighted by Crippen LogP contribution is -1.99. The molecular formula is C14H16BrClF2. The Morgan fingerprint density at radius 1 is 1.22 bits per heavy atom. The van der Waals surface area contributed by atoms with Gasteiger partial charge >= 0.3 is 0 Å². The van der Waals surface area contributed by atoms with Gasteiger partial charge < -0.3 is 0 Å². The van der Waals surface area contributed by atoms with Gasteiger partial charge in [-0.2, -0.15) is 0 Å². The molecule has 1 aromatic carbocycles. The Labute approximate surface area is 120 Å². The fourth-order valence-electron chi connectivity index (χ4n) is 2.61. The Morgan fingerprint density at radius 2 is 1.83 bits per heavy atom. The quantitative estimate of drug-likeness (QED) is 0.465. The second-order valence-corrected chi connectivity index (χ2v) is 6.50. The van der Waals surface area contributed by atoms with Crippen molar-refractivity contribution in [1.29, 1.82) is 0 Å². The monoisotopic (exact) mass is 336 g/mol. The molecule has 0 spiro atoms. The first kappa shape index (κ1) is 14.3. The van der Waals surface area contributed by atoms with Gasteiger partial charge in [0, 0.05) is 9.85 Å². The van der Waals surface area contributed by atoms with E-state index in [1.165, 1.54) is 31.7 Å². The van der Waals surface area contributed by atoms with E-state index in [1.54, 1.807) is 0 Å². The summed E-state index contributed by atoms with van der Waals surface area (Å²) >= 11 is 9.48. The van der Waals surface area contributed by atoms with Crippen molar-refractivity contribution in [3.8, 4) is 0 Å². The topological polar surface area (TPSA) is 0 Å². The normalized spacial score (nSPS) is 18.2. The molecule has 1 atom stereocenters. The third-order valence-corrected chi connectivity index (χ3v) is 4.96. The molecule has 1 aliphatic carbocycles. The van der Waals surface area contributed by atoms with Gasteiger partial charge in [0.1, 0.15) is 0 Å². The van der Waals surface area contributed by atoms with Gasteiger partial charge in [-0.25, -0.2) is 8.78 Å². The van der Waals surface area contributed by atoms with Crippen LogP contribution in [0.5, 0.6) is 0 Å². The Morgan fingerprint density at radius 3 is 2.50 bits per heavy atom. The smallest absolute Gasteiger partial charge is 0.160 e. The molecule has 4 heteroatoms. The van der Waals surface area contributed by atoms with Crippen LogP contribution in [-0.4, -0.2) is 0 Å². The van der Waals surface area contributed by atoms with Gasteiger partial charge in [0.15, 0.2) is 11.6 Å². The molecule has 0 aromatic heterocycles. The van der Waals surface area contributed by atoms with Gasteiger partial charge in [0.2, 0.25) is 0 Å². The summed E-state index contributed by atoms with van der Waals surface area (Å²) in [5, 5.41) is 0.294. The predicted molar refractivity (Wildman–Crippen MR) is 74.2 cm³/mol. The van der Waals surface area contributed by atoms with E-state index in [1.807, 2.05) is 0 Å². The van der Waals surface area contributed by atoms with Crippen LogP contribution >= 0.6 is 27.5 Å². The zero-order valence-corrected chi connectivity index (χ0v) is 12.4. The van der Waals surface area contributed by atoms with E-state index in [0.717, 1.165) is 24.8 Å². The van der Waals surface area contributed by atoms with Crippen molar-refractivity contribution in [2.45, 2.75) is 43.4 Å². The highest BCUT2D eigenvalue weighted by Crippen LogP contribution is 2.37. The Hall–Kier alpha value is -0.150. The first-order valence-corrected chi connectivity index (χ1v) is 7.66. The average molecular weight is 338 g/mol. The van der Waals surface area contributed by atoms with Gasteiger partial charge in [0.05, 0.1) is 0 Å². The summed E-state index contributed by atoms with van der Waals surface area (Å²) in [6.07, 6.45) is 7.27. The summed E-state index contributed by atoms with van der Waals surface area (Å²) in [6.45, 7) is 0. The summed E-state index contributed by atoms with van der Waals surface area (Å²) in [5.74, 6) is -0.937. The van der Waals surface area contributed by atoms with Gasteiger partial charge in [-0.3, -0.25) is 0 Å². The third-order valence-electron chi connectivity index (χ3n) is 3.68. The third kappa shape index (κ3) is 3.45. The zero-order chi connectivity index (χ0) is 13.1. The highest BCUT2D eigenvalue weighted by molar-refractivity contribution is 9.09. The SMILES string of the molecule is Fc1cc(Cl)c(C(Br)CCC2CCCC2)cc1F. The minimum absolute atomic E-state index is 0.000648. The maximum Gasteiger partial charge on any atom is 0.160 e. The Kier molecular flexibility index (Phi) is 5.02. The minimum Gasteiger partial charge on any atom is -0.204 e. The maximum absolute atomic E-state index is 13.2. The molecule has 0 nitrogen and oxygen atoms in total. The van der Waals surface area contributed by atoms with Crippen molar-refractivity contribution in [1.82, 2.24) is 0 Å². The number of alkyl halides is 1. The Balaban J connectivity index is 1.99. The molecule has 1 fully saturated rings. The summed E-state index contributed by atoms with van der Waals surface area (Å²) in [7, 11) is 0. The van der Waals surface area contributed by atoms with Crippen molar-refractivity contribution in [3.05, 3.63) is 34.4 Å². The van der Waals surface area contributed by atoms with Crippen molar-refractivity contribution >= 4 is 27.5 Å². The predicted octanol–water partition coefficient (Wildman–Crippen LogP) is 6.02. The van der Waals surface area contributed by atoms with Crippen LogP contribution < -0.4 is 0 Å². The van der Waals surface area contributed by atoms with Crippen molar-refractivity contribution in [2.24, 2.45) is 5.92 Å². The standard InChI is InChI=1S/C14H16BrClF2/c15-11(6-5-9-3-1-2-4-9)10-7-13(17)14(18)8-12(10)16/h7-9,11H,1-6H2. The number of benzene rings is 1. The van der Waals surface area contributed by atoms with Crippen LogP contribution in [0, 0.1) is 17.6 Å². The molecule has 1 unspecified atom stereocenters. The van der Waals surface area contributed by atoms with E-state index in [0.29, 0.717) is 10.6 Å². The number of rotatable bonds is 4. The van der Waals surface area contributed by atoms with Gasteiger partial charge in [-0.1, -0.05) is 53.2 Å². The van der Waals surface area contributed by atoms with E-state index in [2.05, 4.69) is 15.9 Å². The molecule has 0 N–H and O–H groups in total. The van der Waals surface area contributed by atoms with Gasteiger partial charge in [-0.05, 0) is 36.5 Å². The summed E-state index contributed by atoms with van der Waals surface area (Å²) < 4.78 is 26.2. The van der Waals surface area contributed by atoms with Crippen molar-refractivity contribution < 1.29 is 8.78 Å². The molecule has 1 aromatic rings. The molecule has 0 radical (unpaired) electrons. The van der Waals surface area contributed by atoms with Crippen LogP contribution in [0.1, 0.15) is 48.9 Å². The minimum atomic E-state index is -0.890. The number of hydrogen-bond donors (Lipinski definition) is 0. The molecule has 1 aliphatic rings. The zero-order valence-electron chi connectivity index (χ0n) is 10.1. The Bertz CT molecular complexity index is 417. The van der Waals surface area contributed by atoms with Crippen LogP contribution in [-0.2, 0) is 0 Å². The number of hydrogen-bond acceptors (Lipinski definition) is 0. The molecule has 0 amide bonds. The second kappa shape index (κ2) is 6.33. The highest BCUT2D eigenvalue weighted by Gasteiger charge is 2.19. The molecular weight excluding hydrogens is 322 g/mol. The van der Waals surface area contributed by atoms with Crippen LogP contribution in [0.25, 0.3) is 0 Å². The lowest BCUT2D eigenvalue weighted by Gasteiger charge is -2.15. The average Bonchev–Trinajstić information content (AvgIpc) is 2.84. The summed E-state index contributed by atoms with van der Waals surface area (Å²) in [4.78, 5) is 0.000648. The lowest BCUT2D eigenvalue weighted by molar-refractivity contribution is 0.480. The summed E-state index contributed by atoms with van der Waals surface area (Å²) in [5.41, 5.74) is 0.647. The van der Waals surface area contributed by atoms with E-state index in [4.69, 9.17) is 11.6 Å².